The number of epoxide rings is 1. The van der Waals surface area contributed by atoms with Gasteiger partial charge in [-0.05, 0) is 37.0 Å². The highest BCUT2D eigenvalue weighted by atomic mass is 16.6. The molecule has 2 fully saturated rings. The van der Waals surface area contributed by atoms with Crippen LogP contribution in [0.25, 0.3) is 0 Å². The van der Waals surface area contributed by atoms with Gasteiger partial charge in [0.05, 0.1) is 12.7 Å². The Balaban J connectivity index is 1.72. The van der Waals surface area contributed by atoms with Crippen LogP contribution in [0.5, 0.6) is 0 Å². The van der Waals surface area contributed by atoms with Gasteiger partial charge in [-0.1, -0.05) is 20.8 Å². The molecule has 98 valence electrons. The maximum atomic E-state index is 11.9. The number of carbonyl (C=O) groups excluding carboxylic acids is 1. The van der Waals surface area contributed by atoms with Crippen LogP contribution in [0.15, 0.2) is 0 Å². The minimum Gasteiger partial charge on any atom is -0.371 e. The van der Waals surface area contributed by atoms with E-state index in [1.165, 1.54) is 12.8 Å². The van der Waals surface area contributed by atoms with E-state index in [1.54, 1.807) is 0 Å². The lowest BCUT2D eigenvalue weighted by Crippen LogP contribution is -2.36. The van der Waals surface area contributed by atoms with E-state index in [4.69, 9.17) is 4.74 Å². The molecule has 2 aliphatic rings. The summed E-state index contributed by atoms with van der Waals surface area (Å²) in [6, 6.07) is 0. The zero-order chi connectivity index (χ0) is 12.5. The SMILES string of the molecule is CC(C)(C)C1CCC(C(=O)NCC2CO2)CC1. The van der Waals surface area contributed by atoms with Crippen LogP contribution in [0.2, 0.25) is 0 Å². The molecule has 0 aromatic rings. The molecule has 1 saturated heterocycles. The first-order valence-corrected chi connectivity index (χ1v) is 6.86. The van der Waals surface area contributed by atoms with Crippen molar-refractivity contribution in [1.82, 2.24) is 5.32 Å². The molecule has 1 atom stereocenters. The summed E-state index contributed by atoms with van der Waals surface area (Å²) < 4.78 is 5.09. The molecule has 1 unspecified atom stereocenters. The Morgan fingerprint density at radius 3 is 2.29 bits per heavy atom. The monoisotopic (exact) mass is 239 g/mol. The lowest BCUT2D eigenvalue weighted by molar-refractivity contribution is -0.126. The summed E-state index contributed by atoms with van der Waals surface area (Å²) in [5, 5.41) is 3.00. The second-order valence-corrected chi connectivity index (χ2v) is 6.62. The van der Waals surface area contributed by atoms with Crippen LogP contribution in [0.4, 0.5) is 0 Å². The van der Waals surface area contributed by atoms with Crippen molar-refractivity contribution < 1.29 is 9.53 Å². The number of rotatable bonds is 3. The molecular weight excluding hydrogens is 214 g/mol. The summed E-state index contributed by atoms with van der Waals surface area (Å²) in [5.41, 5.74) is 0.392. The predicted octanol–water partition coefficient (Wildman–Crippen LogP) is 2.35. The molecule has 3 nitrogen and oxygen atoms in total. The molecule has 0 radical (unpaired) electrons. The van der Waals surface area contributed by atoms with E-state index in [9.17, 15) is 4.79 Å². The average molecular weight is 239 g/mol. The highest BCUT2D eigenvalue weighted by molar-refractivity contribution is 5.78. The Bertz CT molecular complexity index is 270. The lowest BCUT2D eigenvalue weighted by Gasteiger charge is -2.36. The molecule has 1 heterocycles. The van der Waals surface area contributed by atoms with Gasteiger partial charge >= 0.3 is 0 Å². The fourth-order valence-electron chi connectivity index (χ4n) is 2.77. The van der Waals surface area contributed by atoms with Crippen LogP contribution in [0.3, 0.4) is 0 Å². The Morgan fingerprint density at radius 1 is 1.24 bits per heavy atom. The first-order valence-electron chi connectivity index (χ1n) is 6.86. The van der Waals surface area contributed by atoms with E-state index in [0.717, 1.165) is 25.4 Å². The van der Waals surface area contributed by atoms with Crippen molar-refractivity contribution in [3.8, 4) is 0 Å². The highest BCUT2D eigenvalue weighted by Crippen LogP contribution is 2.39. The fourth-order valence-corrected chi connectivity index (χ4v) is 2.77. The number of ether oxygens (including phenoxy) is 1. The van der Waals surface area contributed by atoms with Gasteiger partial charge in [-0.3, -0.25) is 4.79 Å². The van der Waals surface area contributed by atoms with Crippen LogP contribution in [-0.2, 0) is 9.53 Å². The summed E-state index contributed by atoms with van der Waals surface area (Å²) in [6.07, 6.45) is 4.80. The second kappa shape index (κ2) is 4.97. The van der Waals surface area contributed by atoms with Gasteiger partial charge in [0.1, 0.15) is 0 Å². The van der Waals surface area contributed by atoms with Gasteiger partial charge in [-0.15, -0.1) is 0 Å². The number of hydrogen-bond donors (Lipinski definition) is 1. The van der Waals surface area contributed by atoms with E-state index in [1.807, 2.05) is 0 Å². The third-order valence-corrected chi connectivity index (χ3v) is 4.23. The second-order valence-electron chi connectivity index (χ2n) is 6.62. The van der Waals surface area contributed by atoms with Crippen molar-refractivity contribution in [2.45, 2.75) is 52.6 Å². The quantitative estimate of drug-likeness (QED) is 0.768. The minimum absolute atomic E-state index is 0.243. The molecule has 0 spiro atoms. The molecule has 0 aromatic heterocycles. The van der Waals surface area contributed by atoms with Crippen molar-refractivity contribution in [3.05, 3.63) is 0 Å². The van der Waals surface area contributed by atoms with Crippen LogP contribution in [0.1, 0.15) is 46.5 Å². The van der Waals surface area contributed by atoms with Crippen molar-refractivity contribution in [2.75, 3.05) is 13.2 Å². The van der Waals surface area contributed by atoms with Crippen molar-refractivity contribution in [3.63, 3.8) is 0 Å². The molecule has 3 heteroatoms. The van der Waals surface area contributed by atoms with E-state index in [-0.39, 0.29) is 11.8 Å². The predicted molar refractivity (Wildman–Crippen MR) is 67.7 cm³/mol. The zero-order valence-corrected chi connectivity index (χ0v) is 11.3. The van der Waals surface area contributed by atoms with Crippen LogP contribution < -0.4 is 5.32 Å². The number of hydrogen-bond acceptors (Lipinski definition) is 2. The molecule has 1 aliphatic heterocycles. The van der Waals surface area contributed by atoms with Gasteiger partial charge in [0, 0.05) is 12.5 Å². The lowest BCUT2D eigenvalue weighted by atomic mass is 9.69. The van der Waals surface area contributed by atoms with Crippen LogP contribution in [-0.4, -0.2) is 25.2 Å². The topological polar surface area (TPSA) is 41.6 Å². The normalized spacial score (nSPS) is 33.2. The van der Waals surface area contributed by atoms with Crippen LogP contribution in [0, 0.1) is 17.3 Å². The summed E-state index contributed by atoms with van der Waals surface area (Å²) in [6.45, 7) is 8.45. The van der Waals surface area contributed by atoms with Crippen molar-refractivity contribution in [2.24, 2.45) is 17.3 Å². The third-order valence-electron chi connectivity index (χ3n) is 4.23. The summed E-state index contributed by atoms with van der Waals surface area (Å²) >= 11 is 0. The molecule has 0 aromatic carbocycles. The largest absolute Gasteiger partial charge is 0.371 e. The number of nitrogens with one attached hydrogen (secondary N) is 1. The number of carbonyl (C=O) groups is 1. The molecule has 2 rings (SSSR count). The van der Waals surface area contributed by atoms with Crippen molar-refractivity contribution in [1.29, 1.82) is 0 Å². The van der Waals surface area contributed by atoms with Crippen LogP contribution >= 0.6 is 0 Å². The Labute approximate surface area is 104 Å². The highest BCUT2D eigenvalue weighted by Gasteiger charge is 2.32. The Kier molecular flexibility index (Phi) is 3.76. The van der Waals surface area contributed by atoms with Gasteiger partial charge < -0.3 is 10.1 Å². The van der Waals surface area contributed by atoms with E-state index >= 15 is 0 Å². The smallest absolute Gasteiger partial charge is 0.223 e. The fraction of sp³-hybridized carbons (Fsp3) is 0.929. The molecule has 1 aliphatic carbocycles. The van der Waals surface area contributed by atoms with E-state index < -0.39 is 0 Å². The van der Waals surface area contributed by atoms with Gasteiger partial charge in [0.15, 0.2) is 0 Å². The molecule has 1 amide bonds. The maximum Gasteiger partial charge on any atom is 0.223 e. The van der Waals surface area contributed by atoms with Gasteiger partial charge in [0.2, 0.25) is 5.91 Å². The third kappa shape index (κ3) is 3.70. The molecule has 1 saturated carbocycles. The molecule has 17 heavy (non-hydrogen) atoms. The molecule has 0 bridgehead atoms. The Hall–Kier alpha value is -0.570. The van der Waals surface area contributed by atoms with E-state index in [0.29, 0.717) is 18.1 Å². The van der Waals surface area contributed by atoms with E-state index in [2.05, 4.69) is 26.1 Å². The summed E-state index contributed by atoms with van der Waals surface area (Å²) in [5.74, 6) is 1.26. The first kappa shape index (κ1) is 12.9. The maximum absolute atomic E-state index is 11.9. The Morgan fingerprint density at radius 2 is 1.82 bits per heavy atom. The first-order chi connectivity index (χ1) is 7.97. The summed E-state index contributed by atoms with van der Waals surface area (Å²) in [4.78, 5) is 11.9. The van der Waals surface area contributed by atoms with Crippen molar-refractivity contribution >= 4 is 5.91 Å². The summed E-state index contributed by atoms with van der Waals surface area (Å²) in [7, 11) is 0. The number of amides is 1. The van der Waals surface area contributed by atoms with Gasteiger partial charge in [-0.25, -0.2) is 0 Å². The van der Waals surface area contributed by atoms with Gasteiger partial charge in [-0.2, -0.15) is 0 Å². The molecular formula is C14H25NO2. The standard InChI is InChI=1S/C14H25NO2/c1-14(2,3)11-6-4-10(5-7-11)13(16)15-8-12-9-17-12/h10-12H,4-9H2,1-3H3,(H,15,16). The minimum atomic E-state index is 0.243. The zero-order valence-electron chi connectivity index (χ0n) is 11.3. The molecule has 1 N–H and O–H groups in total. The van der Waals surface area contributed by atoms with Gasteiger partial charge in [0.25, 0.3) is 0 Å². The average Bonchev–Trinajstić information content (AvgIpc) is 3.09.